The molecule has 0 aromatic heterocycles. The quantitative estimate of drug-likeness (QED) is 0.235. The first-order chi connectivity index (χ1) is 3.77. The molecule has 0 saturated heterocycles. The van der Waals surface area contributed by atoms with Crippen molar-refractivity contribution >= 4 is 15.5 Å². The molecule has 0 atom stereocenters. The zero-order valence-corrected chi connectivity index (χ0v) is 6.08. The molecule has 0 fully saturated rings. The van der Waals surface area contributed by atoms with Gasteiger partial charge in [-0.1, -0.05) is 0 Å². The number of hydrogen-bond donors (Lipinski definition) is 0. The summed E-state index contributed by atoms with van der Waals surface area (Å²) in [6, 6.07) is 0.490. The number of hydrogen-bond acceptors (Lipinski definition) is 2. The predicted octanol–water partition coefficient (Wildman–Crippen LogP) is 0.388. The minimum absolute atomic E-state index is 0.115. The zero-order chi connectivity index (χ0) is 6.41. The lowest BCUT2D eigenvalue weighted by Crippen LogP contribution is -1.92. The van der Waals surface area contributed by atoms with Crippen LogP contribution in [-0.2, 0) is 4.79 Å². The summed E-state index contributed by atoms with van der Waals surface area (Å²) in [5.41, 5.74) is 7.76. The van der Waals surface area contributed by atoms with E-state index in [9.17, 15) is 4.79 Å². The van der Waals surface area contributed by atoms with Crippen molar-refractivity contribution in [2.24, 2.45) is 4.78 Å². The first kappa shape index (κ1) is 7.20. The summed E-state index contributed by atoms with van der Waals surface area (Å²) >= 11 is 0. The molecule has 0 unspecified atom stereocenters. The Labute approximate surface area is 49.4 Å². The molecule has 0 saturated carbocycles. The van der Waals surface area contributed by atoms with Gasteiger partial charge in [-0.25, -0.2) is 0 Å². The van der Waals surface area contributed by atoms with Crippen LogP contribution >= 0.6 is 0 Å². The van der Waals surface area contributed by atoms with Crippen LogP contribution in [0.25, 0.3) is 10.4 Å². The van der Waals surface area contributed by atoms with Gasteiger partial charge in [0, 0.05) is 6.04 Å². The van der Waals surface area contributed by atoms with Crippen molar-refractivity contribution in [2.75, 3.05) is 0 Å². The van der Waals surface area contributed by atoms with Crippen LogP contribution in [0.3, 0.4) is 0 Å². The molecule has 0 amide bonds. The summed E-state index contributed by atoms with van der Waals surface area (Å²) in [4.78, 5) is 12.7. The minimum atomic E-state index is -0.777. The fourth-order valence-corrected chi connectivity index (χ4v) is 0.757. The van der Waals surface area contributed by atoms with Crippen molar-refractivity contribution < 1.29 is 4.79 Å². The molecule has 0 N–H and O–H groups in total. The molecule has 0 aliphatic heterocycles. The monoisotopic (exact) mass is 129 g/mol. The van der Waals surface area contributed by atoms with Crippen molar-refractivity contribution in [2.45, 2.75) is 13.0 Å². The van der Waals surface area contributed by atoms with Gasteiger partial charge in [0.15, 0.2) is 0 Å². The summed E-state index contributed by atoms with van der Waals surface area (Å²) < 4.78 is 3.31. The van der Waals surface area contributed by atoms with Crippen molar-refractivity contribution in [1.82, 2.24) is 0 Å². The van der Waals surface area contributed by atoms with Gasteiger partial charge in [-0.2, -0.15) is 0 Å². The van der Waals surface area contributed by atoms with Crippen molar-refractivity contribution in [1.29, 1.82) is 0 Å². The van der Waals surface area contributed by atoms with E-state index in [1.165, 1.54) is 6.92 Å². The van der Waals surface area contributed by atoms with Gasteiger partial charge >= 0.3 is 0 Å². The molecule has 0 rings (SSSR count). The van der Waals surface area contributed by atoms with Crippen molar-refractivity contribution in [3.8, 4) is 0 Å². The molecule has 0 aromatic rings. The molecule has 0 spiro atoms. The first-order valence-corrected chi connectivity index (χ1v) is 3.91. The Morgan fingerprint density at radius 3 is 3.00 bits per heavy atom. The molecule has 8 heavy (non-hydrogen) atoms. The third kappa shape index (κ3) is 5.20. The standard InChI is InChI=1S/C3H7N3OSi/c1-3(7)2-8-6-5-4/h2,8H2,1H3. The highest BCUT2D eigenvalue weighted by molar-refractivity contribution is 6.39. The normalized spacial score (nSPS) is 9.12. The van der Waals surface area contributed by atoms with E-state index in [0.717, 1.165) is 0 Å². The number of ketones is 1. The Bertz CT molecular complexity index is 126. The maximum absolute atomic E-state index is 10.2. The van der Waals surface area contributed by atoms with Gasteiger partial charge in [-0.15, -0.1) is 4.78 Å². The lowest BCUT2D eigenvalue weighted by Gasteiger charge is -1.80. The fourth-order valence-electron chi connectivity index (χ4n) is 0.252. The van der Waals surface area contributed by atoms with Crippen LogP contribution in [0.2, 0.25) is 6.04 Å². The van der Waals surface area contributed by atoms with Gasteiger partial charge in [0.1, 0.15) is 15.5 Å². The zero-order valence-electron chi connectivity index (χ0n) is 4.66. The van der Waals surface area contributed by atoms with Crippen LogP contribution in [0.4, 0.5) is 0 Å². The lowest BCUT2D eigenvalue weighted by molar-refractivity contribution is -0.114. The maximum Gasteiger partial charge on any atom is 0.131 e. The topological polar surface area (TPSA) is 65.8 Å². The van der Waals surface area contributed by atoms with E-state index in [0.29, 0.717) is 6.04 Å². The third-order valence-corrected chi connectivity index (χ3v) is 1.88. The number of nitrogens with zero attached hydrogens (tertiary/aromatic N) is 3. The summed E-state index contributed by atoms with van der Waals surface area (Å²) in [5, 5.41) is 0. The molecular weight excluding hydrogens is 122 g/mol. The van der Waals surface area contributed by atoms with Gasteiger partial charge in [0.25, 0.3) is 0 Å². The molecule has 0 aliphatic carbocycles. The number of azide groups is 1. The third-order valence-electron chi connectivity index (χ3n) is 0.627. The van der Waals surface area contributed by atoms with E-state index in [4.69, 9.17) is 5.53 Å². The molecule has 0 aromatic carbocycles. The lowest BCUT2D eigenvalue weighted by atomic mass is 10.5. The van der Waals surface area contributed by atoms with E-state index >= 15 is 0 Å². The van der Waals surface area contributed by atoms with Crippen LogP contribution in [0, 0.1) is 0 Å². The van der Waals surface area contributed by atoms with E-state index < -0.39 is 9.68 Å². The second kappa shape index (κ2) is 4.36. The van der Waals surface area contributed by atoms with Crippen LogP contribution < -0.4 is 0 Å². The van der Waals surface area contributed by atoms with E-state index in [1.807, 2.05) is 0 Å². The predicted molar refractivity (Wildman–Crippen MR) is 33.2 cm³/mol. The molecule has 0 aliphatic rings. The molecule has 0 radical (unpaired) electrons. The molecule has 44 valence electrons. The van der Waals surface area contributed by atoms with Crippen LogP contribution in [0.15, 0.2) is 4.78 Å². The summed E-state index contributed by atoms with van der Waals surface area (Å²) in [6.07, 6.45) is 0. The van der Waals surface area contributed by atoms with Crippen LogP contribution in [0.1, 0.15) is 6.92 Å². The minimum Gasteiger partial charge on any atom is -0.300 e. The number of Topliss-reactive ketones (excluding diaryl/α,β-unsaturated/α-hetero) is 1. The number of rotatable bonds is 3. The fraction of sp³-hybridized carbons (Fsp3) is 0.667. The number of carbonyl (C=O) groups excluding carboxylic acids is 1. The Morgan fingerprint density at radius 2 is 2.62 bits per heavy atom. The first-order valence-electron chi connectivity index (χ1n) is 2.27. The molecule has 4 nitrogen and oxygen atoms in total. The summed E-state index contributed by atoms with van der Waals surface area (Å²) in [7, 11) is -0.777. The van der Waals surface area contributed by atoms with Gasteiger partial charge in [0.2, 0.25) is 0 Å². The average Bonchev–Trinajstić information content (AvgIpc) is 1.66. The average molecular weight is 129 g/mol. The second-order valence-electron chi connectivity index (χ2n) is 1.41. The highest BCUT2D eigenvalue weighted by atomic mass is 28.2. The Morgan fingerprint density at radius 1 is 2.00 bits per heavy atom. The maximum atomic E-state index is 10.2. The highest BCUT2D eigenvalue weighted by Gasteiger charge is 1.88. The molecule has 0 bridgehead atoms. The van der Waals surface area contributed by atoms with Crippen LogP contribution in [0.5, 0.6) is 0 Å². The van der Waals surface area contributed by atoms with Gasteiger partial charge in [-0.3, -0.25) is 0 Å². The van der Waals surface area contributed by atoms with Crippen LogP contribution in [-0.4, -0.2) is 15.5 Å². The Kier molecular flexibility index (Phi) is 3.92. The SMILES string of the molecule is CC(=O)C[SiH2]N=[N+]=[N-]. The molecule has 5 heteroatoms. The van der Waals surface area contributed by atoms with E-state index in [-0.39, 0.29) is 5.78 Å². The smallest absolute Gasteiger partial charge is 0.131 e. The van der Waals surface area contributed by atoms with Gasteiger partial charge in [0.05, 0.1) is 0 Å². The Hall–Kier alpha value is -0.803. The molecule has 0 heterocycles. The van der Waals surface area contributed by atoms with Gasteiger partial charge in [-0.05, 0) is 17.4 Å². The summed E-state index contributed by atoms with van der Waals surface area (Å²) in [6.45, 7) is 1.50. The van der Waals surface area contributed by atoms with E-state index in [2.05, 4.69) is 9.69 Å². The van der Waals surface area contributed by atoms with Crippen molar-refractivity contribution in [3.05, 3.63) is 10.4 Å². The number of carbonyl (C=O) groups is 1. The van der Waals surface area contributed by atoms with E-state index in [1.54, 1.807) is 0 Å². The Balaban J connectivity index is 3.18. The van der Waals surface area contributed by atoms with Crippen molar-refractivity contribution in [3.63, 3.8) is 0 Å². The summed E-state index contributed by atoms with van der Waals surface area (Å²) in [5.74, 6) is 0.115. The second-order valence-corrected chi connectivity index (χ2v) is 2.64. The van der Waals surface area contributed by atoms with Gasteiger partial charge < -0.3 is 4.79 Å². The highest BCUT2D eigenvalue weighted by Crippen LogP contribution is 1.80. The largest absolute Gasteiger partial charge is 0.300 e. The molecular formula is C3H7N3OSi.